The zero-order valence-corrected chi connectivity index (χ0v) is 14.9. The van der Waals surface area contributed by atoms with Crippen LogP contribution in [0.15, 0.2) is 48.5 Å². The predicted molar refractivity (Wildman–Crippen MR) is 97.9 cm³/mol. The number of carbonyl (C=O) groups is 1. The predicted octanol–water partition coefficient (Wildman–Crippen LogP) is 2.75. The number of likely N-dealkylation sites (N-methyl/N-ethyl adjacent to an activating group) is 1. The van der Waals surface area contributed by atoms with E-state index < -0.39 is 0 Å². The van der Waals surface area contributed by atoms with E-state index in [9.17, 15) is 13.6 Å². The molecule has 26 heavy (non-hydrogen) atoms. The zero-order valence-electron chi connectivity index (χ0n) is 14.9. The Bertz CT molecular complexity index is 743. The minimum Gasteiger partial charge on any atom is -0.367 e. The molecule has 0 spiro atoms. The van der Waals surface area contributed by atoms with Crippen LogP contribution >= 0.6 is 0 Å². The summed E-state index contributed by atoms with van der Waals surface area (Å²) < 4.78 is 26.8. The second kappa shape index (κ2) is 8.27. The van der Waals surface area contributed by atoms with Gasteiger partial charge in [0.25, 0.3) is 0 Å². The van der Waals surface area contributed by atoms with Gasteiger partial charge in [0.05, 0.1) is 12.2 Å². The van der Waals surface area contributed by atoms with Crippen LogP contribution in [0.1, 0.15) is 5.56 Å². The normalized spacial score (nSPS) is 15.1. The molecular weight excluding hydrogens is 336 g/mol. The van der Waals surface area contributed by atoms with Crippen LogP contribution in [-0.2, 0) is 11.3 Å². The summed E-state index contributed by atoms with van der Waals surface area (Å²) in [5, 5.41) is 0. The average Bonchev–Trinajstić information content (AvgIpc) is 2.65. The van der Waals surface area contributed by atoms with Crippen molar-refractivity contribution in [2.45, 2.75) is 6.54 Å². The number of carbonyl (C=O) groups excluding carboxylic acids is 1. The van der Waals surface area contributed by atoms with Crippen molar-refractivity contribution >= 4 is 11.6 Å². The largest absolute Gasteiger partial charge is 0.367 e. The first-order chi connectivity index (χ1) is 12.5. The Balaban J connectivity index is 1.48. The van der Waals surface area contributed by atoms with Gasteiger partial charge in [-0.1, -0.05) is 24.3 Å². The quantitative estimate of drug-likeness (QED) is 0.821. The van der Waals surface area contributed by atoms with E-state index in [1.54, 1.807) is 36.2 Å². The summed E-state index contributed by atoms with van der Waals surface area (Å²) in [6, 6.07) is 12.9. The summed E-state index contributed by atoms with van der Waals surface area (Å²) in [5.74, 6) is -0.472. The molecule has 2 aromatic rings. The van der Waals surface area contributed by atoms with E-state index in [4.69, 9.17) is 0 Å². The Morgan fingerprint density at radius 1 is 1.00 bits per heavy atom. The van der Waals surface area contributed by atoms with Gasteiger partial charge in [0.15, 0.2) is 0 Å². The number of hydrogen-bond donors (Lipinski definition) is 0. The van der Waals surface area contributed by atoms with Crippen LogP contribution in [0.25, 0.3) is 0 Å². The minimum absolute atomic E-state index is 0.0219. The van der Waals surface area contributed by atoms with Crippen molar-refractivity contribution in [2.75, 3.05) is 44.7 Å². The number of piperazine rings is 1. The van der Waals surface area contributed by atoms with Gasteiger partial charge < -0.3 is 9.80 Å². The number of amides is 1. The number of rotatable bonds is 5. The van der Waals surface area contributed by atoms with E-state index in [-0.39, 0.29) is 17.5 Å². The molecule has 0 bridgehead atoms. The van der Waals surface area contributed by atoms with Gasteiger partial charge in [-0.05, 0) is 29.8 Å². The van der Waals surface area contributed by atoms with Crippen LogP contribution in [0, 0.1) is 11.6 Å². The van der Waals surface area contributed by atoms with E-state index in [0.717, 1.165) is 5.56 Å². The molecule has 0 atom stereocenters. The molecule has 0 N–H and O–H groups in total. The Hall–Kier alpha value is -2.47. The van der Waals surface area contributed by atoms with Crippen LogP contribution < -0.4 is 4.90 Å². The summed E-state index contributed by atoms with van der Waals surface area (Å²) in [5.41, 5.74) is 1.51. The highest BCUT2D eigenvalue weighted by atomic mass is 19.1. The molecule has 0 aromatic heterocycles. The Morgan fingerprint density at radius 3 is 2.31 bits per heavy atom. The monoisotopic (exact) mass is 359 g/mol. The molecule has 3 rings (SSSR count). The number of para-hydroxylation sites is 1. The molecule has 6 heteroatoms. The standard InChI is InChI=1S/C20H23F2N3O/c1-23(14-16-6-8-17(21)9-7-16)20(26)15-24-10-12-25(13-11-24)19-5-3-2-4-18(19)22/h2-9H,10-15H2,1H3. The smallest absolute Gasteiger partial charge is 0.236 e. The Morgan fingerprint density at radius 2 is 1.65 bits per heavy atom. The van der Waals surface area contributed by atoms with Crippen molar-refractivity contribution in [1.29, 1.82) is 0 Å². The fourth-order valence-corrected chi connectivity index (χ4v) is 3.12. The lowest BCUT2D eigenvalue weighted by Gasteiger charge is -2.36. The molecule has 0 unspecified atom stereocenters. The first kappa shape index (κ1) is 18.3. The molecule has 0 saturated carbocycles. The number of nitrogens with zero attached hydrogens (tertiary/aromatic N) is 3. The third-order valence-electron chi connectivity index (χ3n) is 4.68. The third-order valence-corrected chi connectivity index (χ3v) is 4.68. The van der Waals surface area contributed by atoms with Crippen LogP contribution in [0.2, 0.25) is 0 Å². The van der Waals surface area contributed by atoms with Crippen molar-refractivity contribution in [1.82, 2.24) is 9.80 Å². The number of benzene rings is 2. The van der Waals surface area contributed by atoms with Crippen LogP contribution in [0.4, 0.5) is 14.5 Å². The third kappa shape index (κ3) is 4.58. The van der Waals surface area contributed by atoms with Crippen molar-refractivity contribution in [3.8, 4) is 0 Å². The molecule has 4 nitrogen and oxygen atoms in total. The molecule has 1 aliphatic rings. The zero-order chi connectivity index (χ0) is 18.5. The highest BCUT2D eigenvalue weighted by Crippen LogP contribution is 2.20. The maximum atomic E-state index is 13.9. The lowest BCUT2D eigenvalue weighted by Crippen LogP contribution is -2.49. The highest BCUT2D eigenvalue weighted by Gasteiger charge is 2.22. The lowest BCUT2D eigenvalue weighted by molar-refractivity contribution is -0.131. The van der Waals surface area contributed by atoms with E-state index in [2.05, 4.69) is 4.90 Å². The first-order valence-electron chi connectivity index (χ1n) is 8.73. The SMILES string of the molecule is CN(Cc1ccc(F)cc1)C(=O)CN1CCN(c2ccccc2F)CC1. The molecule has 1 amide bonds. The molecule has 138 valence electrons. The highest BCUT2D eigenvalue weighted by molar-refractivity contribution is 5.78. The summed E-state index contributed by atoms with van der Waals surface area (Å²) >= 11 is 0. The molecular formula is C20H23F2N3O. The van der Waals surface area contributed by atoms with Gasteiger partial charge in [0.2, 0.25) is 5.91 Å². The van der Waals surface area contributed by atoms with Gasteiger partial charge in [0.1, 0.15) is 11.6 Å². The fraction of sp³-hybridized carbons (Fsp3) is 0.350. The maximum absolute atomic E-state index is 13.9. The van der Waals surface area contributed by atoms with E-state index in [0.29, 0.717) is 45.0 Å². The van der Waals surface area contributed by atoms with Gasteiger partial charge in [-0.25, -0.2) is 8.78 Å². The second-order valence-corrected chi connectivity index (χ2v) is 6.59. The molecule has 0 radical (unpaired) electrons. The van der Waals surface area contributed by atoms with Gasteiger partial charge in [-0.3, -0.25) is 9.69 Å². The van der Waals surface area contributed by atoms with Crippen LogP contribution in [-0.4, -0.2) is 55.5 Å². The Labute approximate surface area is 152 Å². The topological polar surface area (TPSA) is 26.8 Å². The number of halogens is 2. The maximum Gasteiger partial charge on any atom is 0.236 e. The van der Waals surface area contributed by atoms with Gasteiger partial charge in [0, 0.05) is 39.8 Å². The van der Waals surface area contributed by atoms with Gasteiger partial charge in [-0.2, -0.15) is 0 Å². The minimum atomic E-state index is -0.282. The van der Waals surface area contributed by atoms with E-state index in [1.165, 1.54) is 18.2 Å². The van der Waals surface area contributed by atoms with Gasteiger partial charge in [-0.15, -0.1) is 0 Å². The molecule has 1 aliphatic heterocycles. The molecule has 1 saturated heterocycles. The van der Waals surface area contributed by atoms with Crippen molar-refractivity contribution in [3.63, 3.8) is 0 Å². The Kier molecular flexibility index (Phi) is 5.83. The number of hydrogen-bond acceptors (Lipinski definition) is 3. The molecule has 1 fully saturated rings. The molecule has 0 aliphatic carbocycles. The molecule has 1 heterocycles. The summed E-state index contributed by atoms with van der Waals surface area (Å²) in [6.45, 7) is 3.60. The summed E-state index contributed by atoms with van der Waals surface area (Å²) in [4.78, 5) is 18.2. The van der Waals surface area contributed by atoms with Crippen molar-refractivity contribution in [3.05, 3.63) is 65.7 Å². The summed E-state index contributed by atoms with van der Waals surface area (Å²) in [6.07, 6.45) is 0. The van der Waals surface area contributed by atoms with Crippen molar-refractivity contribution in [2.24, 2.45) is 0 Å². The van der Waals surface area contributed by atoms with Crippen LogP contribution in [0.3, 0.4) is 0 Å². The average molecular weight is 359 g/mol. The van der Waals surface area contributed by atoms with E-state index >= 15 is 0 Å². The van der Waals surface area contributed by atoms with Crippen molar-refractivity contribution < 1.29 is 13.6 Å². The van der Waals surface area contributed by atoms with E-state index in [1.807, 2.05) is 11.0 Å². The number of anilines is 1. The fourth-order valence-electron chi connectivity index (χ4n) is 3.12. The summed E-state index contributed by atoms with van der Waals surface area (Å²) in [7, 11) is 1.75. The molecule has 2 aromatic carbocycles. The second-order valence-electron chi connectivity index (χ2n) is 6.59. The lowest BCUT2D eigenvalue weighted by atomic mass is 10.2. The van der Waals surface area contributed by atoms with Gasteiger partial charge >= 0.3 is 0 Å². The first-order valence-corrected chi connectivity index (χ1v) is 8.73. The van der Waals surface area contributed by atoms with Crippen LogP contribution in [0.5, 0.6) is 0 Å².